The molecule has 0 aliphatic carbocycles. The van der Waals surface area contributed by atoms with Crippen molar-refractivity contribution in [1.29, 1.82) is 0 Å². The Morgan fingerprint density at radius 1 is 1.43 bits per heavy atom. The van der Waals surface area contributed by atoms with Gasteiger partial charge < -0.3 is 15.6 Å². The van der Waals surface area contributed by atoms with E-state index in [0.717, 1.165) is 5.56 Å². The Bertz CT molecular complexity index is 297. The number of nitrogens with two attached hydrogens (primary N) is 1. The van der Waals surface area contributed by atoms with Gasteiger partial charge in [0.2, 0.25) is 0 Å². The van der Waals surface area contributed by atoms with E-state index >= 15 is 0 Å². The standard InChI is InChI=1S/C10H13NO3/c1-7(12)9(14-10(11)13)8-5-3-2-4-6-8/h2-7,9,12H,1H3,(H2,11,13). The average Bonchev–Trinajstić information content (AvgIpc) is 2.15. The van der Waals surface area contributed by atoms with E-state index in [1.165, 1.54) is 0 Å². The summed E-state index contributed by atoms with van der Waals surface area (Å²) in [6.07, 6.45) is -2.38. The van der Waals surface area contributed by atoms with Crippen LogP contribution in [0.4, 0.5) is 4.79 Å². The zero-order chi connectivity index (χ0) is 10.6. The van der Waals surface area contributed by atoms with Crippen molar-refractivity contribution < 1.29 is 14.6 Å². The van der Waals surface area contributed by atoms with Crippen LogP contribution in [0.1, 0.15) is 18.6 Å². The summed E-state index contributed by atoms with van der Waals surface area (Å²) in [5.74, 6) is 0. The molecule has 0 radical (unpaired) electrons. The van der Waals surface area contributed by atoms with Gasteiger partial charge in [-0.25, -0.2) is 4.79 Å². The van der Waals surface area contributed by atoms with Crippen molar-refractivity contribution in [2.24, 2.45) is 5.73 Å². The molecule has 0 aromatic heterocycles. The topological polar surface area (TPSA) is 72.6 Å². The molecule has 0 fully saturated rings. The van der Waals surface area contributed by atoms with E-state index in [9.17, 15) is 9.90 Å². The Morgan fingerprint density at radius 3 is 2.43 bits per heavy atom. The SMILES string of the molecule is CC(O)C(OC(N)=O)c1ccccc1. The lowest BCUT2D eigenvalue weighted by Crippen LogP contribution is -2.24. The van der Waals surface area contributed by atoms with Gasteiger partial charge in [0.05, 0.1) is 6.10 Å². The molecule has 3 N–H and O–H groups in total. The van der Waals surface area contributed by atoms with E-state index in [0.29, 0.717) is 0 Å². The zero-order valence-electron chi connectivity index (χ0n) is 7.88. The molecule has 1 amide bonds. The molecule has 1 aromatic rings. The van der Waals surface area contributed by atoms with Gasteiger partial charge in [-0.1, -0.05) is 30.3 Å². The number of carbonyl (C=O) groups excluding carboxylic acids is 1. The fraction of sp³-hybridized carbons (Fsp3) is 0.300. The Balaban J connectivity index is 2.83. The third-order valence-electron chi connectivity index (χ3n) is 1.81. The maximum Gasteiger partial charge on any atom is 0.405 e. The van der Waals surface area contributed by atoms with Crippen molar-refractivity contribution in [2.75, 3.05) is 0 Å². The lowest BCUT2D eigenvalue weighted by molar-refractivity contribution is 0.0148. The van der Waals surface area contributed by atoms with Gasteiger partial charge in [0, 0.05) is 0 Å². The highest BCUT2D eigenvalue weighted by Crippen LogP contribution is 2.20. The lowest BCUT2D eigenvalue weighted by atomic mass is 10.1. The molecule has 76 valence electrons. The zero-order valence-corrected chi connectivity index (χ0v) is 7.88. The van der Waals surface area contributed by atoms with Crippen molar-refractivity contribution in [2.45, 2.75) is 19.1 Å². The minimum atomic E-state index is -0.889. The number of hydrogen-bond acceptors (Lipinski definition) is 3. The number of rotatable bonds is 3. The van der Waals surface area contributed by atoms with Gasteiger partial charge in [-0.05, 0) is 12.5 Å². The second-order valence-electron chi connectivity index (χ2n) is 3.01. The van der Waals surface area contributed by atoms with E-state index < -0.39 is 18.3 Å². The van der Waals surface area contributed by atoms with Crippen LogP contribution in [0.25, 0.3) is 0 Å². The van der Waals surface area contributed by atoms with Gasteiger partial charge >= 0.3 is 6.09 Å². The smallest absolute Gasteiger partial charge is 0.405 e. The number of benzene rings is 1. The lowest BCUT2D eigenvalue weighted by Gasteiger charge is -2.19. The summed E-state index contributed by atoms with van der Waals surface area (Å²) in [7, 11) is 0. The number of carbonyl (C=O) groups is 1. The summed E-state index contributed by atoms with van der Waals surface area (Å²) in [6, 6.07) is 8.97. The molecule has 0 saturated carbocycles. The molecular weight excluding hydrogens is 182 g/mol. The first-order valence-electron chi connectivity index (χ1n) is 4.30. The molecule has 0 heterocycles. The summed E-state index contributed by atoms with van der Waals surface area (Å²) >= 11 is 0. The second kappa shape index (κ2) is 4.62. The monoisotopic (exact) mass is 195 g/mol. The quantitative estimate of drug-likeness (QED) is 0.761. The third kappa shape index (κ3) is 2.74. The number of aliphatic hydroxyl groups excluding tert-OH is 1. The van der Waals surface area contributed by atoms with E-state index in [1.54, 1.807) is 31.2 Å². The average molecular weight is 195 g/mol. The van der Waals surface area contributed by atoms with Gasteiger partial charge in [0.1, 0.15) is 0 Å². The van der Waals surface area contributed by atoms with Gasteiger partial charge in [0.25, 0.3) is 0 Å². The van der Waals surface area contributed by atoms with Crippen molar-refractivity contribution in [3.8, 4) is 0 Å². The van der Waals surface area contributed by atoms with Crippen LogP contribution in [0.2, 0.25) is 0 Å². The minimum absolute atomic E-state index is 0.700. The summed E-state index contributed by atoms with van der Waals surface area (Å²) in [5, 5.41) is 9.38. The minimum Gasteiger partial charge on any atom is -0.439 e. The molecule has 14 heavy (non-hydrogen) atoms. The molecule has 1 rings (SSSR count). The Hall–Kier alpha value is -1.55. The number of primary amides is 1. The maximum absolute atomic E-state index is 10.6. The Kier molecular flexibility index (Phi) is 3.48. The molecule has 0 spiro atoms. The second-order valence-corrected chi connectivity index (χ2v) is 3.01. The normalized spacial score (nSPS) is 14.4. The van der Waals surface area contributed by atoms with Crippen LogP contribution in [0.3, 0.4) is 0 Å². The summed E-state index contributed by atoms with van der Waals surface area (Å²) in [4.78, 5) is 10.6. The van der Waals surface area contributed by atoms with Crippen molar-refractivity contribution in [3.63, 3.8) is 0 Å². The number of ether oxygens (including phenoxy) is 1. The van der Waals surface area contributed by atoms with Crippen LogP contribution in [0.5, 0.6) is 0 Å². The highest BCUT2D eigenvalue weighted by Gasteiger charge is 2.20. The van der Waals surface area contributed by atoms with Crippen LogP contribution in [0, 0.1) is 0 Å². The van der Waals surface area contributed by atoms with Crippen LogP contribution in [-0.2, 0) is 4.74 Å². The molecule has 1 aromatic carbocycles. The molecule has 4 nitrogen and oxygen atoms in total. The predicted octanol–water partition coefficient (Wildman–Crippen LogP) is 1.20. The van der Waals surface area contributed by atoms with Crippen molar-refractivity contribution >= 4 is 6.09 Å². The number of hydrogen-bond donors (Lipinski definition) is 2. The molecule has 0 aliphatic rings. The molecular formula is C10H13NO3. The fourth-order valence-electron chi connectivity index (χ4n) is 1.21. The van der Waals surface area contributed by atoms with Crippen molar-refractivity contribution in [3.05, 3.63) is 35.9 Å². The van der Waals surface area contributed by atoms with Gasteiger partial charge in [0.15, 0.2) is 6.10 Å². The highest BCUT2D eigenvalue weighted by atomic mass is 16.6. The summed E-state index contributed by atoms with van der Waals surface area (Å²) < 4.78 is 4.79. The molecule has 4 heteroatoms. The van der Waals surface area contributed by atoms with Gasteiger partial charge in [-0.15, -0.1) is 0 Å². The number of aliphatic hydroxyl groups is 1. The highest BCUT2D eigenvalue weighted by molar-refractivity contribution is 5.65. The van der Waals surface area contributed by atoms with E-state index in [2.05, 4.69) is 0 Å². The Morgan fingerprint density at radius 2 is 2.00 bits per heavy atom. The van der Waals surface area contributed by atoms with Crippen molar-refractivity contribution in [1.82, 2.24) is 0 Å². The maximum atomic E-state index is 10.6. The predicted molar refractivity (Wildman–Crippen MR) is 51.5 cm³/mol. The summed E-state index contributed by atoms with van der Waals surface area (Å²) in [6.45, 7) is 1.54. The molecule has 0 saturated heterocycles. The molecule has 2 unspecified atom stereocenters. The first kappa shape index (κ1) is 10.5. The van der Waals surface area contributed by atoms with Crippen LogP contribution in [0.15, 0.2) is 30.3 Å². The van der Waals surface area contributed by atoms with Gasteiger partial charge in [-0.3, -0.25) is 0 Å². The summed E-state index contributed by atoms with van der Waals surface area (Å²) in [5.41, 5.74) is 5.62. The number of amides is 1. The Labute approximate surface area is 82.3 Å². The fourth-order valence-corrected chi connectivity index (χ4v) is 1.21. The largest absolute Gasteiger partial charge is 0.439 e. The van der Waals surface area contributed by atoms with E-state index in [-0.39, 0.29) is 0 Å². The third-order valence-corrected chi connectivity index (χ3v) is 1.81. The van der Waals surface area contributed by atoms with Crippen LogP contribution >= 0.6 is 0 Å². The molecule has 2 atom stereocenters. The van der Waals surface area contributed by atoms with Crippen LogP contribution < -0.4 is 5.73 Å². The van der Waals surface area contributed by atoms with Crippen LogP contribution in [-0.4, -0.2) is 17.3 Å². The van der Waals surface area contributed by atoms with Gasteiger partial charge in [-0.2, -0.15) is 0 Å². The molecule has 0 bridgehead atoms. The first-order valence-corrected chi connectivity index (χ1v) is 4.30. The molecule has 0 aliphatic heterocycles. The van der Waals surface area contributed by atoms with E-state index in [1.807, 2.05) is 6.07 Å². The first-order chi connectivity index (χ1) is 6.61. The van der Waals surface area contributed by atoms with E-state index in [4.69, 9.17) is 10.5 Å².